The third-order valence-corrected chi connectivity index (χ3v) is 3.46. The second-order valence-electron chi connectivity index (χ2n) is 4.83. The first-order valence-corrected chi connectivity index (χ1v) is 6.21. The molecular formula is C14H14N4O2. The van der Waals surface area contributed by atoms with Gasteiger partial charge in [0.25, 0.3) is 5.56 Å². The molecule has 1 aromatic carbocycles. The average Bonchev–Trinajstić information content (AvgIpc) is 2.88. The van der Waals surface area contributed by atoms with Crippen LogP contribution in [0.25, 0.3) is 16.9 Å². The molecule has 0 aliphatic heterocycles. The highest BCUT2D eigenvalue weighted by Crippen LogP contribution is 2.14. The molecule has 0 fully saturated rings. The molecule has 3 rings (SSSR count). The largest absolute Gasteiger partial charge is 0.332 e. The van der Waals surface area contributed by atoms with Crippen molar-refractivity contribution in [2.24, 2.45) is 14.1 Å². The summed E-state index contributed by atoms with van der Waals surface area (Å²) in [5.41, 5.74) is 2.04. The van der Waals surface area contributed by atoms with E-state index < -0.39 is 0 Å². The van der Waals surface area contributed by atoms with Gasteiger partial charge in [-0.05, 0) is 19.1 Å². The predicted octanol–water partition coefficient (Wildman–Crippen LogP) is 0.731. The van der Waals surface area contributed by atoms with E-state index in [1.54, 1.807) is 17.9 Å². The summed E-state index contributed by atoms with van der Waals surface area (Å²) >= 11 is 0. The molecule has 0 radical (unpaired) electrons. The second kappa shape index (κ2) is 4.19. The minimum Gasteiger partial charge on any atom is -0.293 e. The standard InChI is InChI=1S/C14H14N4O2/c1-9-4-6-10(7-5-9)18-8-15-12-11(18)13(19)17(3)14(20)16(12)2/h4-8H,1-3H3. The van der Waals surface area contributed by atoms with Gasteiger partial charge >= 0.3 is 5.69 Å². The summed E-state index contributed by atoms with van der Waals surface area (Å²) < 4.78 is 4.17. The van der Waals surface area contributed by atoms with Gasteiger partial charge in [0.05, 0.1) is 0 Å². The molecule has 6 nitrogen and oxygen atoms in total. The molecule has 0 saturated carbocycles. The smallest absolute Gasteiger partial charge is 0.293 e. The Morgan fingerprint density at radius 1 is 1.00 bits per heavy atom. The van der Waals surface area contributed by atoms with E-state index in [1.807, 2.05) is 31.2 Å². The summed E-state index contributed by atoms with van der Waals surface area (Å²) in [4.78, 5) is 28.4. The first-order valence-electron chi connectivity index (χ1n) is 6.21. The molecule has 0 saturated heterocycles. The lowest BCUT2D eigenvalue weighted by Crippen LogP contribution is -2.37. The van der Waals surface area contributed by atoms with Crippen LogP contribution in [0.4, 0.5) is 0 Å². The molecule has 0 spiro atoms. The number of aromatic nitrogens is 4. The lowest BCUT2D eigenvalue weighted by Gasteiger charge is -2.06. The van der Waals surface area contributed by atoms with Crippen molar-refractivity contribution < 1.29 is 0 Å². The fraction of sp³-hybridized carbons (Fsp3) is 0.214. The van der Waals surface area contributed by atoms with E-state index in [0.717, 1.165) is 15.8 Å². The Morgan fingerprint density at radius 2 is 1.65 bits per heavy atom. The highest BCUT2D eigenvalue weighted by Gasteiger charge is 2.14. The Kier molecular flexibility index (Phi) is 2.60. The number of imidazole rings is 1. The maximum atomic E-state index is 12.3. The van der Waals surface area contributed by atoms with Crippen LogP contribution in [0.1, 0.15) is 5.56 Å². The zero-order valence-electron chi connectivity index (χ0n) is 11.5. The first-order chi connectivity index (χ1) is 9.50. The molecule has 0 bridgehead atoms. The van der Waals surface area contributed by atoms with Crippen LogP contribution in [0.2, 0.25) is 0 Å². The maximum Gasteiger partial charge on any atom is 0.332 e. The van der Waals surface area contributed by atoms with Crippen molar-refractivity contribution in [2.45, 2.75) is 6.92 Å². The lowest BCUT2D eigenvalue weighted by molar-refractivity contribution is 0.707. The molecule has 0 N–H and O–H groups in total. The minimum absolute atomic E-state index is 0.346. The Labute approximate surface area is 114 Å². The van der Waals surface area contributed by atoms with Crippen molar-refractivity contribution in [2.75, 3.05) is 0 Å². The van der Waals surface area contributed by atoms with Gasteiger partial charge in [-0.15, -0.1) is 0 Å². The van der Waals surface area contributed by atoms with Crippen LogP contribution in [0, 0.1) is 6.92 Å². The third kappa shape index (κ3) is 1.61. The molecule has 0 atom stereocenters. The molecule has 2 heterocycles. The molecule has 0 unspecified atom stereocenters. The maximum absolute atomic E-state index is 12.3. The molecule has 2 aromatic heterocycles. The molecule has 6 heteroatoms. The quantitative estimate of drug-likeness (QED) is 0.655. The van der Waals surface area contributed by atoms with E-state index in [1.165, 1.54) is 11.6 Å². The molecule has 102 valence electrons. The molecule has 0 amide bonds. The van der Waals surface area contributed by atoms with Gasteiger partial charge in [-0.1, -0.05) is 17.7 Å². The van der Waals surface area contributed by atoms with E-state index in [-0.39, 0.29) is 11.2 Å². The highest BCUT2D eigenvalue weighted by molar-refractivity contribution is 5.72. The first kappa shape index (κ1) is 12.4. The van der Waals surface area contributed by atoms with Gasteiger partial charge in [0.1, 0.15) is 6.33 Å². The molecule has 20 heavy (non-hydrogen) atoms. The zero-order chi connectivity index (χ0) is 14.4. The van der Waals surface area contributed by atoms with Gasteiger partial charge in [0, 0.05) is 19.8 Å². The van der Waals surface area contributed by atoms with Crippen molar-refractivity contribution in [3.05, 3.63) is 57.0 Å². The summed E-state index contributed by atoms with van der Waals surface area (Å²) in [5, 5.41) is 0. The normalized spacial score (nSPS) is 11.2. The van der Waals surface area contributed by atoms with Gasteiger partial charge in [-0.3, -0.25) is 18.5 Å². The van der Waals surface area contributed by atoms with Crippen LogP contribution < -0.4 is 11.2 Å². The number of fused-ring (bicyclic) bond motifs is 1. The van der Waals surface area contributed by atoms with E-state index in [4.69, 9.17) is 0 Å². The van der Waals surface area contributed by atoms with Crippen LogP contribution >= 0.6 is 0 Å². The van der Waals surface area contributed by atoms with Gasteiger partial charge in [-0.2, -0.15) is 0 Å². The topological polar surface area (TPSA) is 61.8 Å². The number of aryl methyl sites for hydroxylation is 2. The minimum atomic E-state index is -0.378. The van der Waals surface area contributed by atoms with Crippen LogP contribution in [0.15, 0.2) is 40.2 Å². The monoisotopic (exact) mass is 270 g/mol. The van der Waals surface area contributed by atoms with Crippen LogP contribution in [-0.2, 0) is 14.1 Å². The van der Waals surface area contributed by atoms with Crippen LogP contribution in [0.3, 0.4) is 0 Å². The number of rotatable bonds is 1. The van der Waals surface area contributed by atoms with Gasteiger partial charge < -0.3 is 0 Å². The molecule has 0 aliphatic carbocycles. The summed E-state index contributed by atoms with van der Waals surface area (Å²) in [6.07, 6.45) is 1.57. The van der Waals surface area contributed by atoms with E-state index >= 15 is 0 Å². The second-order valence-corrected chi connectivity index (χ2v) is 4.83. The SMILES string of the molecule is Cc1ccc(-n2cnc3c2c(=O)n(C)c(=O)n3C)cc1. The lowest BCUT2D eigenvalue weighted by atomic mass is 10.2. The predicted molar refractivity (Wildman–Crippen MR) is 76.3 cm³/mol. The van der Waals surface area contributed by atoms with E-state index in [0.29, 0.717) is 11.2 Å². The average molecular weight is 270 g/mol. The summed E-state index contributed by atoms with van der Waals surface area (Å²) in [7, 11) is 3.08. The highest BCUT2D eigenvalue weighted by atomic mass is 16.2. The third-order valence-electron chi connectivity index (χ3n) is 3.46. The summed E-state index contributed by atoms with van der Waals surface area (Å²) in [6.45, 7) is 2.00. The Bertz CT molecular complexity index is 913. The van der Waals surface area contributed by atoms with Gasteiger partial charge in [0.15, 0.2) is 11.2 Å². The van der Waals surface area contributed by atoms with Crippen LogP contribution in [-0.4, -0.2) is 18.7 Å². The molecular weight excluding hydrogens is 256 g/mol. The Morgan fingerprint density at radius 3 is 2.30 bits per heavy atom. The fourth-order valence-electron chi connectivity index (χ4n) is 2.25. The van der Waals surface area contributed by atoms with Crippen LogP contribution in [0.5, 0.6) is 0 Å². The van der Waals surface area contributed by atoms with Crippen molar-refractivity contribution in [1.29, 1.82) is 0 Å². The van der Waals surface area contributed by atoms with Crippen molar-refractivity contribution in [3.8, 4) is 5.69 Å². The van der Waals surface area contributed by atoms with E-state index in [2.05, 4.69) is 4.98 Å². The Balaban J connectivity index is 2.43. The van der Waals surface area contributed by atoms with Gasteiger partial charge in [0.2, 0.25) is 0 Å². The number of benzene rings is 1. The Hall–Kier alpha value is -2.63. The number of hydrogen-bond acceptors (Lipinski definition) is 3. The molecule has 0 aliphatic rings. The van der Waals surface area contributed by atoms with E-state index in [9.17, 15) is 9.59 Å². The fourth-order valence-corrected chi connectivity index (χ4v) is 2.25. The summed E-state index contributed by atoms with van der Waals surface area (Å²) in [5.74, 6) is 0. The van der Waals surface area contributed by atoms with Crippen molar-refractivity contribution in [3.63, 3.8) is 0 Å². The number of hydrogen-bond donors (Lipinski definition) is 0. The summed E-state index contributed by atoms with van der Waals surface area (Å²) in [6, 6.07) is 7.77. The molecule has 3 aromatic rings. The number of nitrogens with zero attached hydrogens (tertiary/aromatic N) is 4. The van der Waals surface area contributed by atoms with Crippen molar-refractivity contribution >= 4 is 11.2 Å². The van der Waals surface area contributed by atoms with Crippen molar-refractivity contribution in [1.82, 2.24) is 18.7 Å². The zero-order valence-corrected chi connectivity index (χ0v) is 11.5. The van der Waals surface area contributed by atoms with Gasteiger partial charge in [-0.25, -0.2) is 9.78 Å².